The Bertz CT molecular complexity index is 806. The van der Waals surface area contributed by atoms with Gasteiger partial charge in [0.15, 0.2) is 5.13 Å². The molecule has 0 aliphatic carbocycles. The molecule has 112 valence electrons. The Balaban J connectivity index is 1.61. The first-order valence-electron chi connectivity index (χ1n) is 7.33. The molecule has 3 rings (SSSR count). The predicted molar refractivity (Wildman–Crippen MR) is 92.5 cm³/mol. The fourth-order valence-electron chi connectivity index (χ4n) is 2.28. The highest BCUT2D eigenvalue weighted by atomic mass is 32.1. The molecule has 3 aromatic rings. The average Bonchev–Trinajstić information content (AvgIpc) is 2.88. The van der Waals surface area contributed by atoms with E-state index in [2.05, 4.69) is 54.5 Å². The average molecular weight is 310 g/mol. The topological polar surface area (TPSA) is 42.0 Å². The molecule has 1 heterocycles. The van der Waals surface area contributed by atoms with Crippen molar-refractivity contribution in [3.63, 3.8) is 0 Å². The molecule has 0 bridgehead atoms. The minimum atomic E-state index is 0.0105. The summed E-state index contributed by atoms with van der Waals surface area (Å²) in [7, 11) is 0. The quantitative estimate of drug-likeness (QED) is 0.771. The van der Waals surface area contributed by atoms with Crippen molar-refractivity contribution in [1.82, 2.24) is 4.98 Å². The number of amides is 1. The van der Waals surface area contributed by atoms with Crippen LogP contribution in [0.5, 0.6) is 0 Å². The van der Waals surface area contributed by atoms with Crippen molar-refractivity contribution in [3.8, 4) is 0 Å². The van der Waals surface area contributed by atoms with Crippen LogP contribution in [0.4, 0.5) is 5.13 Å². The van der Waals surface area contributed by atoms with Gasteiger partial charge >= 0.3 is 0 Å². The first-order chi connectivity index (χ1) is 10.6. The summed E-state index contributed by atoms with van der Waals surface area (Å²) in [6, 6.07) is 14.4. The molecule has 0 atom stereocenters. The van der Waals surface area contributed by atoms with E-state index in [9.17, 15) is 4.79 Å². The van der Waals surface area contributed by atoms with Gasteiger partial charge in [0, 0.05) is 6.42 Å². The third-order valence-electron chi connectivity index (χ3n) is 3.55. The molecule has 1 N–H and O–H groups in total. The number of aryl methyl sites for hydroxylation is 3. The van der Waals surface area contributed by atoms with Gasteiger partial charge in [0.25, 0.3) is 0 Å². The third-order valence-corrected chi connectivity index (χ3v) is 4.49. The standard InChI is InChI=1S/C18H18N2OS/c1-12-3-6-14(7-4-12)8-10-17(21)20-18-19-15-9-5-13(2)11-16(15)22-18/h3-7,9,11H,8,10H2,1-2H3,(H,19,20,21). The molecule has 0 aliphatic rings. The number of rotatable bonds is 4. The van der Waals surface area contributed by atoms with Crippen molar-refractivity contribution in [2.45, 2.75) is 26.7 Å². The molecule has 1 aromatic heterocycles. The van der Waals surface area contributed by atoms with Crippen LogP contribution in [0.2, 0.25) is 0 Å². The Morgan fingerprint density at radius 2 is 1.82 bits per heavy atom. The highest BCUT2D eigenvalue weighted by Crippen LogP contribution is 2.26. The molecule has 0 saturated heterocycles. The summed E-state index contributed by atoms with van der Waals surface area (Å²) in [5, 5.41) is 3.58. The minimum Gasteiger partial charge on any atom is -0.302 e. The predicted octanol–water partition coefficient (Wildman–Crippen LogP) is 4.48. The van der Waals surface area contributed by atoms with E-state index in [1.807, 2.05) is 12.1 Å². The van der Waals surface area contributed by atoms with Crippen molar-refractivity contribution in [2.24, 2.45) is 0 Å². The van der Waals surface area contributed by atoms with Crippen LogP contribution >= 0.6 is 11.3 Å². The van der Waals surface area contributed by atoms with E-state index in [0.717, 1.165) is 16.6 Å². The summed E-state index contributed by atoms with van der Waals surface area (Å²) in [6.45, 7) is 4.12. The largest absolute Gasteiger partial charge is 0.302 e. The van der Waals surface area contributed by atoms with Crippen LogP contribution in [0.25, 0.3) is 10.2 Å². The van der Waals surface area contributed by atoms with Gasteiger partial charge < -0.3 is 5.32 Å². The summed E-state index contributed by atoms with van der Waals surface area (Å²) in [6.07, 6.45) is 1.22. The first-order valence-corrected chi connectivity index (χ1v) is 8.14. The van der Waals surface area contributed by atoms with Crippen LogP contribution in [0, 0.1) is 13.8 Å². The van der Waals surface area contributed by atoms with Crippen molar-refractivity contribution >= 4 is 32.6 Å². The van der Waals surface area contributed by atoms with E-state index in [4.69, 9.17) is 0 Å². The van der Waals surface area contributed by atoms with Crippen LogP contribution in [0.1, 0.15) is 23.1 Å². The number of aromatic nitrogens is 1. The van der Waals surface area contributed by atoms with Gasteiger partial charge in [0.05, 0.1) is 10.2 Å². The van der Waals surface area contributed by atoms with Gasteiger partial charge in [-0.1, -0.05) is 47.2 Å². The molecule has 22 heavy (non-hydrogen) atoms. The second-order valence-corrected chi connectivity index (χ2v) is 6.55. The van der Waals surface area contributed by atoms with Crippen molar-refractivity contribution in [3.05, 3.63) is 59.2 Å². The van der Waals surface area contributed by atoms with E-state index in [0.29, 0.717) is 11.6 Å². The van der Waals surface area contributed by atoms with Crippen LogP contribution in [0.3, 0.4) is 0 Å². The summed E-state index contributed by atoms with van der Waals surface area (Å²) in [4.78, 5) is 16.5. The second-order valence-electron chi connectivity index (χ2n) is 5.52. The molecule has 0 radical (unpaired) electrons. The fourth-order valence-corrected chi connectivity index (χ4v) is 3.26. The van der Waals surface area contributed by atoms with Gasteiger partial charge in [0.1, 0.15) is 0 Å². The number of nitrogens with zero attached hydrogens (tertiary/aromatic N) is 1. The SMILES string of the molecule is Cc1ccc(CCC(=O)Nc2nc3ccc(C)cc3s2)cc1. The molecule has 0 unspecified atom stereocenters. The molecule has 3 nitrogen and oxygen atoms in total. The van der Waals surface area contributed by atoms with Gasteiger partial charge in [0.2, 0.25) is 5.91 Å². The third kappa shape index (κ3) is 3.52. The van der Waals surface area contributed by atoms with E-state index in [1.165, 1.54) is 28.0 Å². The van der Waals surface area contributed by atoms with E-state index >= 15 is 0 Å². The lowest BCUT2D eigenvalue weighted by atomic mass is 10.1. The Morgan fingerprint density at radius 3 is 2.59 bits per heavy atom. The van der Waals surface area contributed by atoms with E-state index in [-0.39, 0.29) is 5.91 Å². The highest BCUT2D eigenvalue weighted by molar-refractivity contribution is 7.22. The number of hydrogen-bond donors (Lipinski definition) is 1. The van der Waals surface area contributed by atoms with Gasteiger partial charge in [-0.3, -0.25) is 4.79 Å². The maximum absolute atomic E-state index is 12.1. The number of benzene rings is 2. The maximum atomic E-state index is 12.1. The lowest BCUT2D eigenvalue weighted by molar-refractivity contribution is -0.116. The Morgan fingerprint density at radius 1 is 1.09 bits per heavy atom. The summed E-state index contributed by atoms with van der Waals surface area (Å²) < 4.78 is 1.11. The van der Waals surface area contributed by atoms with Crippen molar-refractivity contribution < 1.29 is 4.79 Å². The Hall–Kier alpha value is -2.20. The van der Waals surface area contributed by atoms with Crippen LogP contribution in [-0.4, -0.2) is 10.9 Å². The molecular weight excluding hydrogens is 292 g/mol. The number of hydrogen-bond acceptors (Lipinski definition) is 3. The van der Waals surface area contributed by atoms with Gasteiger partial charge in [-0.15, -0.1) is 0 Å². The first kappa shape index (κ1) is 14.7. The molecule has 2 aromatic carbocycles. The highest BCUT2D eigenvalue weighted by Gasteiger charge is 2.08. The van der Waals surface area contributed by atoms with Gasteiger partial charge in [-0.2, -0.15) is 0 Å². The number of carbonyl (C=O) groups excluding carboxylic acids is 1. The van der Waals surface area contributed by atoms with E-state index in [1.54, 1.807) is 0 Å². The van der Waals surface area contributed by atoms with Crippen molar-refractivity contribution in [2.75, 3.05) is 5.32 Å². The molecule has 0 fully saturated rings. The Labute approximate surface area is 134 Å². The van der Waals surface area contributed by atoms with Crippen LogP contribution in [0.15, 0.2) is 42.5 Å². The molecule has 0 saturated carbocycles. The number of thiazole rings is 1. The monoisotopic (exact) mass is 310 g/mol. The zero-order chi connectivity index (χ0) is 15.5. The van der Waals surface area contributed by atoms with E-state index < -0.39 is 0 Å². The number of anilines is 1. The number of nitrogens with one attached hydrogen (secondary N) is 1. The molecule has 0 aliphatic heterocycles. The fraction of sp³-hybridized carbons (Fsp3) is 0.222. The van der Waals surface area contributed by atoms with Crippen LogP contribution in [-0.2, 0) is 11.2 Å². The second kappa shape index (κ2) is 6.28. The molecule has 1 amide bonds. The zero-order valence-electron chi connectivity index (χ0n) is 12.7. The lowest BCUT2D eigenvalue weighted by Crippen LogP contribution is -2.12. The Kier molecular flexibility index (Phi) is 4.20. The molecule has 4 heteroatoms. The minimum absolute atomic E-state index is 0.0105. The van der Waals surface area contributed by atoms with Gasteiger partial charge in [-0.05, 0) is 43.5 Å². The van der Waals surface area contributed by atoms with Crippen molar-refractivity contribution in [1.29, 1.82) is 0 Å². The zero-order valence-corrected chi connectivity index (χ0v) is 13.5. The van der Waals surface area contributed by atoms with Crippen LogP contribution < -0.4 is 5.32 Å². The number of fused-ring (bicyclic) bond motifs is 1. The smallest absolute Gasteiger partial charge is 0.226 e. The maximum Gasteiger partial charge on any atom is 0.226 e. The summed E-state index contributed by atoms with van der Waals surface area (Å²) in [5.74, 6) is 0.0105. The summed E-state index contributed by atoms with van der Waals surface area (Å²) in [5.41, 5.74) is 4.55. The number of carbonyl (C=O) groups is 1. The molecule has 0 spiro atoms. The van der Waals surface area contributed by atoms with Gasteiger partial charge in [-0.25, -0.2) is 4.98 Å². The molecular formula is C18H18N2OS. The summed E-state index contributed by atoms with van der Waals surface area (Å²) >= 11 is 1.52. The lowest BCUT2D eigenvalue weighted by Gasteiger charge is -2.02. The normalized spacial score (nSPS) is 10.8.